The van der Waals surface area contributed by atoms with Crippen molar-refractivity contribution < 1.29 is 4.57 Å². The van der Waals surface area contributed by atoms with Crippen LogP contribution in [-0.2, 0) is 17.9 Å². The molecule has 0 spiro atoms. The molecule has 0 radical (unpaired) electrons. The zero-order chi connectivity index (χ0) is 26.5. The second kappa shape index (κ2) is 9.03. The molecule has 5 rings (SSSR count). The van der Waals surface area contributed by atoms with E-state index in [1.807, 2.05) is 0 Å². The zero-order valence-corrected chi connectivity index (χ0v) is 23.6. The molecule has 0 bridgehead atoms. The summed E-state index contributed by atoms with van der Waals surface area (Å²) in [7, 11) is 2.20. The minimum Gasteiger partial charge on any atom is -0.225 e. The van der Waals surface area contributed by atoms with Gasteiger partial charge in [-0.2, -0.15) is 4.57 Å². The lowest BCUT2D eigenvalue weighted by Crippen LogP contribution is -2.30. The Bertz CT molecular complexity index is 1570. The van der Waals surface area contributed by atoms with Crippen molar-refractivity contribution in [2.75, 3.05) is 0 Å². The van der Waals surface area contributed by atoms with Gasteiger partial charge in [0.15, 0.2) is 11.0 Å². The summed E-state index contributed by atoms with van der Waals surface area (Å²) in [4.78, 5) is 0. The van der Waals surface area contributed by atoms with Crippen molar-refractivity contribution in [1.29, 1.82) is 0 Å². The van der Waals surface area contributed by atoms with E-state index in [1.54, 1.807) is 0 Å². The minimum atomic E-state index is 0.0707. The number of aromatic nitrogens is 2. The first kappa shape index (κ1) is 25.0. The standard InChI is InChI=1S/C35H39N2/c1-24-14-17-27(34(2,3)4)22-30(24)33-36(8)31-21-18-28(35(5,6)7)23-32(31)37(33)29-19-15-26(16-20-29)25-12-10-9-11-13-25/h9-23H,1-8H3/q+1. The fraction of sp³-hybridized carbons (Fsp3) is 0.286. The first-order chi connectivity index (χ1) is 17.4. The third-order valence-corrected chi connectivity index (χ3v) is 7.55. The molecule has 188 valence electrons. The van der Waals surface area contributed by atoms with Gasteiger partial charge < -0.3 is 0 Å². The van der Waals surface area contributed by atoms with Gasteiger partial charge in [-0.05, 0) is 75.9 Å². The van der Waals surface area contributed by atoms with Gasteiger partial charge in [-0.25, -0.2) is 4.57 Å². The van der Waals surface area contributed by atoms with Crippen molar-refractivity contribution >= 4 is 11.0 Å². The van der Waals surface area contributed by atoms with Crippen LogP contribution in [0.3, 0.4) is 0 Å². The lowest BCUT2D eigenvalue weighted by molar-refractivity contribution is -0.633. The SMILES string of the molecule is Cc1ccc(C(C)(C)C)cc1-c1n(-c2ccc(-c3ccccc3)cc2)c2cc(C(C)(C)C)ccc2[n+]1C. The van der Waals surface area contributed by atoms with Crippen molar-refractivity contribution in [2.45, 2.75) is 59.3 Å². The summed E-state index contributed by atoms with van der Waals surface area (Å²) in [5.41, 5.74) is 11.5. The molecule has 4 aromatic carbocycles. The van der Waals surface area contributed by atoms with E-state index in [4.69, 9.17) is 0 Å². The van der Waals surface area contributed by atoms with Gasteiger partial charge in [-0.3, -0.25) is 0 Å². The van der Waals surface area contributed by atoms with E-state index in [1.165, 1.54) is 55.9 Å². The Labute approximate surface area is 222 Å². The molecule has 1 heterocycles. The van der Waals surface area contributed by atoms with Crippen LogP contribution in [0, 0.1) is 6.92 Å². The molecule has 0 amide bonds. The van der Waals surface area contributed by atoms with E-state index in [-0.39, 0.29) is 10.8 Å². The monoisotopic (exact) mass is 487 g/mol. The summed E-state index contributed by atoms with van der Waals surface area (Å²) in [5.74, 6) is 1.21. The van der Waals surface area contributed by atoms with Crippen LogP contribution in [-0.4, -0.2) is 4.57 Å². The molecule has 0 saturated heterocycles. The highest BCUT2D eigenvalue weighted by Crippen LogP contribution is 2.35. The van der Waals surface area contributed by atoms with Crippen LogP contribution in [0.25, 0.3) is 39.2 Å². The summed E-state index contributed by atoms with van der Waals surface area (Å²) in [6.45, 7) is 15.9. The van der Waals surface area contributed by atoms with Crippen molar-refractivity contribution in [1.82, 2.24) is 4.57 Å². The number of rotatable bonds is 3. The average molecular weight is 488 g/mol. The number of benzene rings is 4. The summed E-state index contributed by atoms with van der Waals surface area (Å²) in [6.07, 6.45) is 0. The lowest BCUT2D eigenvalue weighted by atomic mass is 9.85. The van der Waals surface area contributed by atoms with Crippen LogP contribution in [0.5, 0.6) is 0 Å². The van der Waals surface area contributed by atoms with Crippen LogP contribution in [0.4, 0.5) is 0 Å². The molecule has 0 aliphatic rings. The van der Waals surface area contributed by atoms with Gasteiger partial charge in [0, 0.05) is 0 Å². The van der Waals surface area contributed by atoms with Gasteiger partial charge in [-0.15, -0.1) is 0 Å². The molecule has 0 saturated carbocycles. The smallest absolute Gasteiger partial charge is 0.225 e. The molecule has 5 aromatic rings. The quantitative estimate of drug-likeness (QED) is 0.225. The number of aryl methyl sites for hydroxylation is 2. The normalized spacial score (nSPS) is 12.3. The van der Waals surface area contributed by atoms with E-state index in [0.29, 0.717) is 0 Å². The fourth-order valence-electron chi connectivity index (χ4n) is 5.16. The Kier molecular flexibility index (Phi) is 6.10. The third kappa shape index (κ3) is 4.62. The predicted octanol–water partition coefficient (Wildman–Crippen LogP) is 8.69. The molecule has 0 fully saturated rings. The maximum atomic E-state index is 2.45. The van der Waals surface area contributed by atoms with Crippen molar-refractivity contribution in [2.24, 2.45) is 7.05 Å². The van der Waals surface area contributed by atoms with Crippen molar-refractivity contribution in [3.05, 3.63) is 108 Å². The van der Waals surface area contributed by atoms with E-state index in [9.17, 15) is 0 Å². The highest BCUT2D eigenvalue weighted by atomic mass is 15.2. The van der Waals surface area contributed by atoms with Crippen molar-refractivity contribution in [3.63, 3.8) is 0 Å². The summed E-state index contributed by atoms with van der Waals surface area (Å²) < 4.78 is 4.82. The topological polar surface area (TPSA) is 8.81 Å². The highest BCUT2D eigenvalue weighted by molar-refractivity contribution is 5.81. The first-order valence-corrected chi connectivity index (χ1v) is 13.3. The lowest BCUT2D eigenvalue weighted by Gasteiger charge is -2.20. The van der Waals surface area contributed by atoms with Crippen LogP contribution < -0.4 is 4.57 Å². The van der Waals surface area contributed by atoms with E-state index >= 15 is 0 Å². The number of fused-ring (bicyclic) bond motifs is 1. The second-order valence-corrected chi connectivity index (χ2v) is 12.4. The maximum Gasteiger partial charge on any atom is 0.295 e. The zero-order valence-electron chi connectivity index (χ0n) is 23.6. The fourth-order valence-corrected chi connectivity index (χ4v) is 5.16. The van der Waals surface area contributed by atoms with Crippen LogP contribution >= 0.6 is 0 Å². The molecule has 1 aromatic heterocycles. The summed E-state index contributed by atoms with van der Waals surface area (Å²) >= 11 is 0. The maximum absolute atomic E-state index is 2.45. The molecule has 0 aliphatic heterocycles. The third-order valence-electron chi connectivity index (χ3n) is 7.55. The van der Waals surface area contributed by atoms with Crippen molar-refractivity contribution in [3.8, 4) is 28.2 Å². The van der Waals surface area contributed by atoms with Gasteiger partial charge in [0.25, 0.3) is 5.82 Å². The Morgan fingerprint density at radius 1 is 0.622 bits per heavy atom. The molecular formula is C35H39N2+. The number of hydrogen-bond donors (Lipinski definition) is 0. The summed E-state index contributed by atoms with van der Waals surface area (Å²) in [5, 5.41) is 0. The number of hydrogen-bond acceptors (Lipinski definition) is 0. The number of nitrogens with zero attached hydrogens (tertiary/aromatic N) is 2. The molecule has 2 nitrogen and oxygen atoms in total. The van der Waals surface area contributed by atoms with E-state index < -0.39 is 0 Å². The minimum absolute atomic E-state index is 0.0707. The Balaban J connectivity index is 1.81. The predicted molar refractivity (Wildman–Crippen MR) is 157 cm³/mol. The van der Waals surface area contributed by atoms with Crippen LogP contribution in [0.1, 0.15) is 58.2 Å². The Morgan fingerprint density at radius 3 is 1.81 bits per heavy atom. The average Bonchev–Trinajstić information content (AvgIpc) is 3.15. The van der Waals surface area contributed by atoms with Gasteiger partial charge in [-0.1, -0.05) is 102 Å². The first-order valence-electron chi connectivity index (χ1n) is 13.3. The van der Waals surface area contributed by atoms with Gasteiger partial charge >= 0.3 is 0 Å². The largest absolute Gasteiger partial charge is 0.295 e. The molecule has 0 atom stereocenters. The molecular weight excluding hydrogens is 448 g/mol. The Morgan fingerprint density at radius 2 is 1.19 bits per heavy atom. The molecule has 2 heteroatoms. The molecule has 0 unspecified atom stereocenters. The summed E-state index contributed by atoms with van der Waals surface area (Å²) in [6, 6.07) is 33.5. The Hall–Kier alpha value is -3.65. The van der Waals surface area contributed by atoms with Crippen LogP contribution in [0.15, 0.2) is 91.0 Å². The van der Waals surface area contributed by atoms with Gasteiger partial charge in [0.1, 0.15) is 5.69 Å². The highest BCUT2D eigenvalue weighted by Gasteiger charge is 2.29. The second-order valence-electron chi connectivity index (χ2n) is 12.4. The van der Waals surface area contributed by atoms with E-state index in [0.717, 1.165) is 0 Å². The molecule has 0 aliphatic carbocycles. The van der Waals surface area contributed by atoms with Gasteiger partial charge in [0.2, 0.25) is 0 Å². The van der Waals surface area contributed by atoms with E-state index in [2.05, 4.69) is 156 Å². The van der Waals surface area contributed by atoms with Gasteiger partial charge in [0.05, 0.1) is 12.6 Å². The number of imidazole rings is 1. The molecule has 0 N–H and O–H groups in total. The van der Waals surface area contributed by atoms with Crippen LogP contribution in [0.2, 0.25) is 0 Å². The molecule has 37 heavy (non-hydrogen) atoms.